The van der Waals surface area contributed by atoms with Crippen LogP contribution in [0.4, 0.5) is 13.2 Å². The highest BCUT2D eigenvalue weighted by Gasteiger charge is 2.40. The smallest absolute Gasteiger partial charge is 0.434 e. The van der Waals surface area contributed by atoms with Crippen molar-refractivity contribution in [1.29, 1.82) is 0 Å². The molecule has 0 fully saturated rings. The summed E-state index contributed by atoms with van der Waals surface area (Å²) < 4.78 is 44.7. The van der Waals surface area contributed by atoms with Crippen LogP contribution in [0.25, 0.3) is 5.69 Å². The molecule has 0 aliphatic carbocycles. The predicted molar refractivity (Wildman–Crippen MR) is 61.4 cm³/mol. The molecule has 0 bridgehead atoms. The van der Waals surface area contributed by atoms with Gasteiger partial charge in [-0.2, -0.15) is 18.3 Å². The second-order valence-corrected chi connectivity index (χ2v) is 3.71. The highest BCUT2D eigenvalue weighted by atomic mass is 19.4. The topological polar surface area (TPSA) is 83.0 Å². The van der Waals surface area contributed by atoms with Crippen LogP contribution in [-0.4, -0.2) is 27.8 Å². The second kappa shape index (κ2) is 4.83. The van der Waals surface area contributed by atoms with Gasteiger partial charge in [-0.05, 0) is 12.1 Å². The molecule has 6 nitrogen and oxygen atoms in total. The van der Waals surface area contributed by atoms with Gasteiger partial charge in [-0.25, -0.2) is 9.67 Å². The number of amides is 1. The van der Waals surface area contributed by atoms with Crippen molar-refractivity contribution in [3.8, 4) is 11.6 Å². The van der Waals surface area contributed by atoms with E-state index in [1.54, 1.807) is 0 Å². The first-order chi connectivity index (χ1) is 9.36. The van der Waals surface area contributed by atoms with Gasteiger partial charge in [0.1, 0.15) is 5.69 Å². The van der Waals surface area contributed by atoms with Crippen LogP contribution in [0.15, 0.2) is 24.5 Å². The maximum Gasteiger partial charge on any atom is 0.434 e. The van der Waals surface area contributed by atoms with Gasteiger partial charge < -0.3 is 10.5 Å². The van der Waals surface area contributed by atoms with Gasteiger partial charge in [-0.1, -0.05) is 0 Å². The van der Waals surface area contributed by atoms with Crippen LogP contribution < -0.4 is 10.5 Å². The van der Waals surface area contributed by atoms with Gasteiger partial charge in [-0.15, -0.1) is 0 Å². The zero-order chi connectivity index (χ0) is 14.9. The Morgan fingerprint density at radius 3 is 2.70 bits per heavy atom. The summed E-state index contributed by atoms with van der Waals surface area (Å²) in [6.07, 6.45) is -2.69. The summed E-state index contributed by atoms with van der Waals surface area (Å²) in [7, 11) is 1.26. The molecule has 106 valence electrons. The summed E-state index contributed by atoms with van der Waals surface area (Å²) >= 11 is 0. The van der Waals surface area contributed by atoms with Crippen molar-refractivity contribution in [3.05, 3.63) is 35.8 Å². The summed E-state index contributed by atoms with van der Waals surface area (Å²) in [5.74, 6) is -1.27. The molecule has 2 aromatic heterocycles. The molecule has 2 N–H and O–H groups in total. The van der Waals surface area contributed by atoms with Crippen molar-refractivity contribution in [2.75, 3.05) is 7.11 Å². The van der Waals surface area contributed by atoms with E-state index in [-0.39, 0.29) is 11.6 Å². The molecule has 0 unspecified atom stereocenters. The van der Waals surface area contributed by atoms with E-state index in [1.165, 1.54) is 25.4 Å². The van der Waals surface area contributed by atoms with E-state index >= 15 is 0 Å². The molecule has 20 heavy (non-hydrogen) atoms. The third kappa shape index (κ3) is 2.29. The Bertz CT molecular complexity index is 651. The van der Waals surface area contributed by atoms with Gasteiger partial charge in [0.15, 0.2) is 5.69 Å². The first-order valence-corrected chi connectivity index (χ1v) is 5.30. The zero-order valence-corrected chi connectivity index (χ0v) is 10.2. The lowest BCUT2D eigenvalue weighted by Gasteiger charge is -2.13. The van der Waals surface area contributed by atoms with Crippen molar-refractivity contribution in [3.63, 3.8) is 0 Å². The van der Waals surface area contributed by atoms with E-state index in [2.05, 4.69) is 10.1 Å². The Labute approximate surface area is 111 Å². The van der Waals surface area contributed by atoms with Gasteiger partial charge in [0, 0.05) is 6.20 Å². The Morgan fingerprint density at radius 1 is 1.45 bits per heavy atom. The highest BCUT2D eigenvalue weighted by Crippen LogP contribution is 2.34. The number of nitrogens with two attached hydrogens (primary N) is 1. The maximum atomic E-state index is 13.1. The number of methoxy groups -OCH3 is 1. The van der Waals surface area contributed by atoms with E-state index in [0.717, 1.165) is 6.20 Å². The van der Waals surface area contributed by atoms with Crippen molar-refractivity contribution >= 4 is 5.91 Å². The van der Waals surface area contributed by atoms with Crippen molar-refractivity contribution in [2.45, 2.75) is 6.18 Å². The normalized spacial score (nSPS) is 11.4. The molecule has 2 rings (SSSR count). The summed E-state index contributed by atoms with van der Waals surface area (Å²) in [6.45, 7) is 0. The zero-order valence-electron chi connectivity index (χ0n) is 10.2. The quantitative estimate of drug-likeness (QED) is 0.924. The number of aromatic nitrogens is 3. The van der Waals surface area contributed by atoms with Crippen LogP contribution in [0.3, 0.4) is 0 Å². The van der Waals surface area contributed by atoms with Gasteiger partial charge in [0.2, 0.25) is 5.88 Å². The van der Waals surface area contributed by atoms with Gasteiger partial charge in [-0.3, -0.25) is 4.79 Å². The molecule has 2 heterocycles. The third-order valence-electron chi connectivity index (χ3n) is 2.48. The number of halogens is 3. The molecule has 0 saturated heterocycles. The molecule has 0 aromatic carbocycles. The lowest BCUT2D eigenvalue weighted by atomic mass is 10.2. The standard InChI is InChI=1S/C11H9F3N4O2/c1-20-10-7(3-2-4-16-10)18-8(11(12,13)14)6(5-17-18)9(15)19/h2-5H,1H3,(H2,15,19). The number of ether oxygens (including phenoxy) is 1. The lowest BCUT2D eigenvalue weighted by molar-refractivity contribution is -0.143. The summed E-state index contributed by atoms with van der Waals surface area (Å²) in [6, 6.07) is 2.75. The van der Waals surface area contributed by atoms with E-state index in [4.69, 9.17) is 10.5 Å². The van der Waals surface area contributed by atoms with E-state index < -0.39 is 23.3 Å². The molecule has 0 radical (unpaired) electrons. The van der Waals surface area contributed by atoms with Crippen LogP contribution in [0.5, 0.6) is 5.88 Å². The molecule has 0 saturated carbocycles. The molecule has 9 heteroatoms. The molecular formula is C11H9F3N4O2. The molecule has 0 aliphatic heterocycles. The maximum absolute atomic E-state index is 13.1. The number of carbonyl (C=O) groups is 1. The van der Waals surface area contributed by atoms with Gasteiger partial charge >= 0.3 is 6.18 Å². The second-order valence-electron chi connectivity index (χ2n) is 3.71. The van der Waals surface area contributed by atoms with Crippen LogP contribution in [0.2, 0.25) is 0 Å². The number of rotatable bonds is 3. The number of hydrogen-bond donors (Lipinski definition) is 1. The van der Waals surface area contributed by atoms with E-state index in [1.807, 2.05) is 0 Å². The molecule has 0 atom stereocenters. The third-order valence-corrected chi connectivity index (χ3v) is 2.48. The van der Waals surface area contributed by atoms with Crippen LogP contribution in [0.1, 0.15) is 16.1 Å². The first kappa shape index (κ1) is 13.8. The fraction of sp³-hybridized carbons (Fsp3) is 0.182. The van der Waals surface area contributed by atoms with Gasteiger partial charge in [0.25, 0.3) is 5.91 Å². The van der Waals surface area contributed by atoms with Crippen molar-refractivity contribution in [2.24, 2.45) is 5.73 Å². The molecular weight excluding hydrogens is 277 g/mol. The lowest BCUT2D eigenvalue weighted by Crippen LogP contribution is -2.21. The minimum atomic E-state index is -4.80. The van der Waals surface area contributed by atoms with Crippen LogP contribution in [0, 0.1) is 0 Å². The van der Waals surface area contributed by atoms with Crippen LogP contribution >= 0.6 is 0 Å². The minimum absolute atomic E-state index is 0.0465. The van der Waals surface area contributed by atoms with E-state index in [9.17, 15) is 18.0 Å². The first-order valence-electron chi connectivity index (χ1n) is 5.30. The molecule has 1 amide bonds. The monoisotopic (exact) mass is 286 g/mol. The minimum Gasteiger partial charge on any atom is -0.479 e. The number of primary amides is 1. The molecule has 0 spiro atoms. The Morgan fingerprint density at radius 2 is 2.15 bits per heavy atom. The predicted octanol–water partition coefficient (Wildman–Crippen LogP) is 1.39. The number of alkyl halides is 3. The van der Waals surface area contributed by atoms with Crippen LogP contribution in [-0.2, 0) is 6.18 Å². The summed E-state index contributed by atoms with van der Waals surface area (Å²) in [5.41, 5.74) is 2.90. The average Bonchev–Trinajstić information content (AvgIpc) is 2.83. The largest absolute Gasteiger partial charge is 0.479 e. The van der Waals surface area contributed by atoms with Crippen molar-refractivity contribution in [1.82, 2.24) is 14.8 Å². The fourth-order valence-corrected chi connectivity index (χ4v) is 1.68. The van der Waals surface area contributed by atoms with Gasteiger partial charge in [0.05, 0.1) is 18.9 Å². The Hall–Kier alpha value is -2.58. The number of pyridine rings is 1. The Kier molecular flexibility index (Phi) is 3.35. The highest BCUT2D eigenvalue weighted by molar-refractivity contribution is 5.94. The average molecular weight is 286 g/mol. The number of nitrogens with zero attached hydrogens (tertiary/aromatic N) is 3. The van der Waals surface area contributed by atoms with Crippen molar-refractivity contribution < 1.29 is 22.7 Å². The molecule has 0 aliphatic rings. The Balaban J connectivity index is 2.72. The molecule has 2 aromatic rings. The van der Waals surface area contributed by atoms with E-state index in [0.29, 0.717) is 4.68 Å². The number of hydrogen-bond acceptors (Lipinski definition) is 4. The number of carbonyl (C=O) groups excluding carboxylic acids is 1. The fourth-order valence-electron chi connectivity index (χ4n) is 1.68. The summed E-state index contributed by atoms with van der Waals surface area (Å²) in [5, 5.41) is 3.56. The SMILES string of the molecule is COc1ncccc1-n1ncc(C(N)=O)c1C(F)(F)F. The summed E-state index contributed by atoms with van der Waals surface area (Å²) in [4.78, 5) is 14.9.